The second kappa shape index (κ2) is 6.82. The summed E-state index contributed by atoms with van der Waals surface area (Å²) in [5.74, 6) is 0.294. The van der Waals surface area contributed by atoms with Gasteiger partial charge in [0.15, 0.2) is 0 Å². The largest absolute Gasteiger partial charge is 0.434 e. The summed E-state index contributed by atoms with van der Waals surface area (Å²) in [6, 6.07) is 7.24. The molecule has 0 bridgehead atoms. The maximum absolute atomic E-state index is 12.5. The topological polar surface area (TPSA) is 24.5 Å². The maximum Gasteiger partial charge on any atom is 0.387 e. The van der Waals surface area contributed by atoms with Gasteiger partial charge in [0.2, 0.25) is 0 Å². The van der Waals surface area contributed by atoms with Crippen molar-refractivity contribution < 1.29 is 13.5 Å². The molecule has 5 heteroatoms. The third kappa shape index (κ3) is 3.64. The van der Waals surface area contributed by atoms with E-state index in [1.165, 1.54) is 0 Å². The van der Waals surface area contributed by atoms with E-state index in [0.29, 0.717) is 5.75 Å². The summed E-state index contributed by atoms with van der Waals surface area (Å²) < 4.78 is 29.6. The van der Waals surface area contributed by atoms with E-state index in [4.69, 9.17) is 0 Å². The SMILES string of the molecule is CC[C@@H](c1ccccc1OC(F)F)N1CCNCC1. The highest BCUT2D eigenvalue weighted by Crippen LogP contribution is 2.32. The Balaban J connectivity index is 2.21. The van der Waals surface area contributed by atoms with Crippen LogP contribution in [0.3, 0.4) is 0 Å². The predicted octanol–water partition coefficient (Wildman–Crippen LogP) is 2.64. The van der Waals surface area contributed by atoms with Crippen molar-refractivity contribution in [2.24, 2.45) is 0 Å². The molecule has 0 saturated carbocycles. The average molecular weight is 270 g/mol. The van der Waals surface area contributed by atoms with Crippen LogP contribution in [-0.4, -0.2) is 37.7 Å². The molecule has 19 heavy (non-hydrogen) atoms. The molecule has 1 atom stereocenters. The molecular weight excluding hydrogens is 250 g/mol. The van der Waals surface area contributed by atoms with E-state index in [1.807, 2.05) is 12.1 Å². The molecule has 1 aromatic rings. The first kappa shape index (κ1) is 14.2. The van der Waals surface area contributed by atoms with E-state index in [9.17, 15) is 8.78 Å². The summed E-state index contributed by atoms with van der Waals surface area (Å²) in [5, 5.41) is 3.30. The average Bonchev–Trinajstić information content (AvgIpc) is 2.42. The molecule has 2 rings (SSSR count). The first-order valence-corrected chi connectivity index (χ1v) is 6.71. The van der Waals surface area contributed by atoms with Crippen LogP contribution < -0.4 is 10.1 Å². The van der Waals surface area contributed by atoms with Crippen LogP contribution in [-0.2, 0) is 0 Å². The summed E-state index contributed by atoms with van der Waals surface area (Å²) in [4.78, 5) is 2.32. The molecule has 3 nitrogen and oxygen atoms in total. The first-order valence-electron chi connectivity index (χ1n) is 6.71. The van der Waals surface area contributed by atoms with Gasteiger partial charge < -0.3 is 10.1 Å². The summed E-state index contributed by atoms with van der Waals surface area (Å²) in [6.45, 7) is 3.04. The van der Waals surface area contributed by atoms with Crippen LogP contribution in [0, 0.1) is 0 Å². The summed E-state index contributed by atoms with van der Waals surface area (Å²) in [5.41, 5.74) is 0.854. The third-order valence-electron chi connectivity index (χ3n) is 3.47. The van der Waals surface area contributed by atoms with Gasteiger partial charge in [0.1, 0.15) is 5.75 Å². The minimum atomic E-state index is -2.78. The summed E-state index contributed by atoms with van der Waals surface area (Å²) in [6.07, 6.45) is 0.879. The van der Waals surface area contributed by atoms with E-state index < -0.39 is 6.61 Å². The predicted molar refractivity (Wildman–Crippen MR) is 70.5 cm³/mol. The smallest absolute Gasteiger partial charge is 0.387 e. The second-order valence-corrected chi connectivity index (χ2v) is 4.63. The van der Waals surface area contributed by atoms with Crippen LogP contribution in [0.1, 0.15) is 24.9 Å². The second-order valence-electron chi connectivity index (χ2n) is 4.63. The molecule has 106 valence electrons. The lowest BCUT2D eigenvalue weighted by atomic mass is 10.0. The number of alkyl halides is 2. The number of halogens is 2. The fraction of sp³-hybridized carbons (Fsp3) is 0.571. The minimum absolute atomic E-state index is 0.136. The molecule has 0 radical (unpaired) electrons. The van der Waals surface area contributed by atoms with Gasteiger partial charge in [-0.25, -0.2) is 0 Å². The zero-order chi connectivity index (χ0) is 13.7. The number of rotatable bonds is 5. The highest BCUT2D eigenvalue weighted by atomic mass is 19.3. The van der Waals surface area contributed by atoms with Crippen LogP contribution >= 0.6 is 0 Å². The van der Waals surface area contributed by atoms with Gasteiger partial charge in [-0.2, -0.15) is 8.78 Å². The number of benzene rings is 1. The number of ether oxygens (including phenoxy) is 1. The van der Waals surface area contributed by atoms with Crippen LogP contribution in [0.5, 0.6) is 5.75 Å². The van der Waals surface area contributed by atoms with Gasteiger partial charge >= 0.3 is 6.61 Å². The number of hydrogen-bond acceptors (Lipinski definition) is 3. The lowest BCUT2D eigenvalue weighted by Gasteiger charge is -2.35. The fourth-order valence-electron chi connectivity index (χ4n) is 2.63. The fourth-order valence-corrected chi connectivity index (χ4v) is 2.63. The van der Waals surface area contributed by atoms with Gasteiger partial charge in [0, 0.05) is 37.8 Å². The molecule has 1 heterocycles. The number of para-hydroxylation sites is 1. The van der Waals surface area contributed by atoms with Crippen molar-refractivity contribution in [2.75, 3.05) is 26.2 Å². The quantitative estimate of drug-likeness (QED) is 0.890. The molecule has 1 aliphatic rings. The van der Waals surface area contributed by atoms with Crippen LogP contribution in [0.15, 0.2) is 24.3 Å². The zero-order valence-electron chi connectivity index (χ0n) is 11.1. The normalized spacial score (nSPS) is 18.5. The zero-order valence-corrected chi connectivity index (χ0v) is 11.1. The molecule has 1 aromatic carbocycles. The van der Waals surface area contributed by atoms with E-state index >= 15 is 0 Å². The van der Waals surface area contributed by atoms with Gasteiger partial charge in [-0.3, -0.25) is 4.90 Å². The number of piperazine rings is 1. The van der Waals surface area contributed by atoms with Crippen molar-refractivity contribution in [3.8, 4) is 5.75 Å². The van der Waals surface area contributed by atoms with Gasteiger partial charge in [-0.05, 0) is 12.5 Å². The monoisotopic (exact) mass is 270 g/mol. The highest BCUT2D eigenvalue weighted by molar-refractivity contribution is 5.36. The Hall–Kier alpha value is -1.20. The molecule has 1 saturated heterocycles. The van der Waals surface area contributed by atoms with Crippen LogP contribution in [0.2, 0.25) is 0 Å². The summed E-state index contributed by atoms with van der Waals surface area (Å²) in [7, 11) is 0. The van der Waals surface area contributed by atoms with E-state index in [0.717, 1.165) is 38.2 Å². The molecule has 0 amide bonds. The van der Waals surface area contributed by atoms with Gasteiger partial charge in [-0.15, -0.1) is 0 Å². The Morgan fingerprint density at radius 3 is 2.58 bits per heavy atom. The lowest BCUT2D eigenvalue weighted by Crippen LogP contribution is -2.45. The van der Waals surface area contributed by atoms with Gasteiger partial charge in [0.25, 0.3) is 0 Å². The number of hydrogen-bond donors (Lipinski definition) is 1. The Labute approximate surface area is 112 Å². The van der Waals surface area contributed by atoms with Gasteiger partial charge in [0.05, 0.1) is 0 Å². The van der Waals surface area contributed by atoms with Crippen molar-refractivity contribution in [2.45, 2.75) is 26.0 Å². The van der Waals surface area contributed by atoms with Crippen molar-refractivity contribution >= 4 is 0 Å². The van der Waals surface area contributed by atoms with Crippen LogP contribution in [0.25, 0.3) is 0 Å². The maximum atomic E-state index is 12.5. The molecular formula is C14H20F2N2O. The van der Waals surface area contributed by atoms with E-state index in [2.05, 4.69) is 21.9 Å². The summed E-state index contributed by atoms with van der Waals surface area (Å²) >= 11 is 0. The molecule has 1 fully saturated rings. The molecule has 0 aromatic heterocycles. The van der Waals surface area contributed by atoms with Crippen molar-refractivity contribution in [1.82, 2.24) is 10.2 Å². The van der Waals surface area contributed by atoms with Crippen molar-refractivity contribution in [1.29, 1.82) is 0 Å². The van der Waals surface area contributed by atoms with Crippen LogP contribution in [0.4, 0.5) is 8.78 Å². The molecule has 1 aliphatic heterocycles. The Kier molecular flexibility index (Phi) is 5.10. The number of nitrogens with zero attached hydrogens (tertiary/aromatic N) is 1. The first-order chi connectivity index (χ1) is 9.22. The minimum Gasteiger partial charge on any atom is -0.434 e. The molecule has 0 unspecified atom stereocenters. The molecule has 1 N–H and O–H groups in total. The Morgan fingerprint density at radius 1 is 1.26 bits per heavy atom. The standard InChI is InChI=1S/C14H20F2N2O/c1-2-12(18-9-7-17-8-10-18)11-5-3-4-6-13(11)19-14(15)16/h3-6,12,14,17H,2,7-10H2,1H3/t12-/m0/s1. The molecule has 0 aliphatic carbocycles. The Morgan fingerprint density at radius 2 is 1.95 bits per heavy atom. The van der Waals surface area contributed by atoms with Crippen molar-refractivity contribution in [3.63, 3.8) is 0 Å². The lowest BCUT2D eigenvalue weighted by molar-refractivity contribution is -0.0512. The third-order valence-corrected chi connectivity index (χ3v) is 3.47. The van der Waals surface area contributed by atoms with Gasteiger partial charge in [-0.1, -0.05) is 25.1 Å². The molecule has 0 spiro atoms. The van der Waals surface area contributed by atoms with E-state index in [-0.39, 0.29) is 6.04 Å². The van der Waals surface area contributed by atoms with Crippen molar-refractivity contribution in [3.05, 3.63) is 29.8 Å². The van der Waals surface area contributed by atoms with E-state index in [1.54, 1.807) is 12.1 Å². The number of nitrogens with one attached hydrogen (secondary N) is 1. The highest BCUT2D eigenvalue weighted by Gasteiger charge is 2.23. The Bertz CT molecular complexity index is 395.